The number of rotatable bonds is 4. The number of likely N-dealkylation sites (N-methyl/N-ethyl adjacent to an activating group) is 1. The lowest BCUT2D eigenvalue weighted by Crippen LogP contribution is -2.21. The van der Waals surface area contributed by atoms with Gasteiger partial charge in [-0.2, -0.15) is 0 Å². The van der Waals surface area contributed by atoms with Gasteiger partial charge in [0.15, 0.2) is 6.29 Å². The molecule has 0 aromatic heterocycles. The molecule has 0 spiro atoms. The van der Waals surface area contributed by atoms with Gasteiger partial charge in [0.2, 0.25) is 0 Å². The number of carbonyl (C=O) groups excluding carboxylic acids is 1. The first kappa shape index (κ1) is 8.21. The van der Waals surface area contributed by atoms with Crippen LogP contribution in [0.15, 0.2) is 12.3 Å². The fraction of sp³-hybridized carbons (Fsp3) is 0.571. The maximum atomic E-state index is 10.1. The quantitative estimate of drug-likeness (QED) is 0.415. The van der Waals surface area contributed by atoms with Gasteiger partial charge in [-0.05, 0) is 13.8 Å². The highest BCUT2D eigenvalue weighted by molar-refractivity contribution is 5.71. The summed E-state index contributed by atoms with van der Waals surface area (Å²) < 4.78 is 0. The van der Waals surface area contributed by atoms with Crippen LogP contribution in [0.1, 0.15) is 13.8 Å². The predicted molar refractivity (Wildman–Crippen MR) is 38.1 cm³/mol. The van der Waals surface area contributed by atoms with Crippen molar-refractivity contribution < 1.29 is 4.79 Å². The third-order valence-corrected chi connectivity index (χ3v) is 1.31. The Kier molecular flexibility index (Phi) is 3.76. The van der Waals surface area contributed by atoms with E-state index in [0.29, 0.717) is 5.70 Å². The summed E-state index contributed by atoms with van der Waals surface area (Å²) in [5, 5.41) is 0. The molecule has 0 radical (unpaired) electrons. The zero-order valence-electron chi connectivity index (χ0n) is 6.05. The number of hydrogen-bond donors (Lipinski definition) is 0. The van der Waals surface area contributed by atoms with Gasteiger partial charge in [0.1, 0.15) is 0 Å². The van der Waals surface area contributed by atoms with Gasteiger partial charge in [-0.1, -0.05) is 6.58 Å². The van der Waals surface area contributed by atoms with Crippen LogP contribution in [-0.2, 0) is 4.79 Å². The Morgan fingerprint density at radius 1 is 1.56 bits per heavy atom. The highest BCUT2D eigenvalue weighted by Crippen LogP contribution is 1.94. The Bertz CT molecular complexity index is 105. The van der Waals surface area contributed by atoms with Crippen molar-refractivity contribution in [3.05, 3.63) is 12.3 Å². The van der Waals surface area contributed by atoms with Crippen molar-refractivity contribution in [3.63, 3.8) is 0 Å². The number of nitrogens with zero attached hydrogens (tertiary/aromatic N) is 1. The molecule has 0 aromatic carbocycles. The summed E-state index contributed by atoms with van der Waals surface area (Å²) in [5.74, 6) is 0. The molecule has 0 saturated heterocycles. The van der Waals surface area contributed by atoms with E-state index in [2.05, 4.69) is 6.58 Å². The number of aldehydes is 1. The Morgan fingerprint density at radius 3 is 2.11 bits per heavy atom. The van der Waals surface area contributed by atoms with E-state index in [1.807, 2.05) is 18.7 Å². The molecule has 0 heterocycles. The maximum Gasteiger partial charge on any atom is 0.165 e. The summed E-state index contributed by atoms with van der Waals surface area (Å²) >= 11 is 0. The minimum atomic E-state index is 0.569. The molecule has 0 aliphatic carbocycles. The second-order valence-electron chi connectivity index (χ2n) is 1.78. The van der Waals surface area contributed by atoms with Crippen LogP contribution in [0.2, 0.25) is 0 Å². The SMILES string of the molecule is C=C(C=O)N(CC)CC. The molecule has 52 valence electrons. The smallest absolute Gasteiger partial charge is 0.165 e. The monoisotopic (exact) mass is 127 g/mol. The van der Waals surface area contributed by atoms with Crippen molar-refractivity contribution in [3.8, 4) is 0 Å². The molecule has 0 fully saturated rings. The fourth-order valence-electron chi connectivity index (χ4n) is 0.704. The summed E-state index contributed by atoms with van der Waals surface area (Å²) in [7, 11) is 0. The molecule has 0 aliphatic heterocycles. The second kappa shape index (κ2) is 4.13. The molecule has 0 aromatic rings. The Hall–Kier alpha value is -0.790. The molecule has 0 aliphatic rings. The minimum absolute atomic E-state index is 0.569. The molecular weight excluding hydrogens is 114 g/mol. The van der Waals surface area contributed by atoms with Crippen LogP contribution >= 0.6 is 0 Å². The fourth-order valence-corrected chi connectivity index (χ4v) is 0.704. The van der Waals surface area contributed by atoms with Crippen LogP contribution in [0.5, 0.6) is 0 Å². The molecule has 2 heteroatoms. The average molecular weight is 127 g/mol. The Labute approximate surface area is 56.2 Å². The number of carbonyl (C=O) groups is 1. The lowest BCUT2D eigenvalue weighted by atomic mass is 10.4. The van der Waals surface area contributed by atoms with Gasteiger partial charge in [0.05, 0.1) is 5.70 Å². The summed E-state index contributed by atoms with van der Waals surface area (Å²) in [6, 6.07) is 0. The summed E-state index contributed by atoms with van der Waals surface area (Å²) in [6.45, 7) is 9.28. The largest absolute Gasteiger partial charge is 0.370 e. The van der Waals surface area contributed by atoms with Gasteiger partial charge in [0, 0.05) is 13.1 Å². The van der Waals surface area contributed by atoms with E-state index >= 15 is 0 Å². The standard InChI is InChI=1S/C7H13NO/c1-4-8(5-2)7(3)6-9/h6H,3-5H2,1-2H3. The molecule has 0 bridgehead atoms. The zero-order valence-corrected chi connectivity index (χ0v) is 6.05. The molecule has 9 heavy (non-hydrogen) atoms. The molecule has 0 N–H and O–H groups in total. The first-order chi connectivity index (χ1) is 4.26. The van der Waals surface area contributed by atoms with Crippen LogP contribution < -0.4 is 0 Å². The van der Waals surface area contributed by atoms with Crippen molar-refractivity contribution in [2.24, 2.45) is 0 Å². The van der Waals surface area contributed by atoms with E-state index < -0.39 is 0 Å². The van der Waals surface area contributed by atoms with Crippen LogP contribution in [0.4, 0.5) is 0 Å². The zero-order chi connectivity index (χ0) is 7.28. The lowest BCUT2D eigenvalue weighted by Gasteiger charge is -2.18. The van der Waals surface area contributed by atoms with Crippen LogP contribution in [0, 0.1) is 0 Å². The van der Waals surface area contributed by atoms with E-state index in [1.165, 1.54) is 0 Å². The second-order valence-corrected chi connectivity index (χ2v) is 1.78. The summed E-state index contributed by atoms with van der Waals surface area (Å²) in [6.07, 6.45) is 0.785. The Morgan fingerprint density at radius 2 is 2.00 bits per heavy atom. The van der Waals surface area contributed by atoms with Gasteiger partial charge in [0.25, 0.3) is 0 Å². The summed E-state index contributed by atoms with van der Waals surface area (Å²) in [5.41, 5.74) is 0.569. The summed E-state index contributed by atoms with van der Waals surface area (Å²) in [4.78, 5) is 12.0. The van der Waals surface area contributed by atoms with E-state index in [9.17, 15) is 4.79 Å². The minimum Gasteiger partial charge on any atom is -0.370 e. The van der Waals surface area contributed by atoms with E-state index in [-0.39, 0.29) is 0 Å². The topological polar surface area (TPSA) is 20.3 Å². The average Bonchev–Trinajstić information content (AvgIpc) is 1.90. The Balaban J connectivity index is 3.78. The van der Waals surface area contributed by atoms with Gasteiger partial charge >= 0.3 is 0 Å². The molecule has 0 unspecified atom stereocenters. The van der Waals surface area contributed by atoms with Crippen molar-refractivity contribution in [1.82, 2.24) is 4.90 Å². The molecule has 0 atom stereocenters. The molecule has 0 amide bonds. The first-order valence-corrected chi connectivity index (χ1v) is 3.15. The normalized spacial score (nSPS) is 8.67. The van der Waals surface area contributed by atoms with Crippen molar-refractivity contribution in [1.29, 1.82) is 0 Å². The van der Waals surface area contributed by atoms with Gasteiger partial charge < -0.3 is 4.90 Å². The number of hydrogen-bond acceptors (Lipinski definition) is 2. The number of allylic oxidation sites excluding steroid dienone is 1. The highest BCUT2D eigenvalue weighted by atomic mass is 16.1. The molecule has 0 saturated carbocycles. The predicted octanol–water partition coefficient (Wildman–Crippen LogP) is 1.04. The third kappa shape index (κ3) is 2.31. The van der Waals surface area contributed by atoms with E-state index in [0.717, 1.165) is 19.4 Å². The van der Waals surface area contributed by atoms with Crippen LogP contribution in [-0.4, -0.2) is 24.3 Å². The molecular formula is C7H13NO. The van der Waals surface area contributed by atoms with Gasteiger partial charge in [-0.25, -0.2) is 0 Å². The molecule has 2 nitrogen and oxygen atoms in total. The van der Waals surface area contributed by atoms with Gasteiger partial charge in [-0.3, -0.25) is 4.79 Å². The van der Waals surface area contributed by atoms with E-state index in [4.69, 9.17) is 0 Å². The maximum absolute atomic E-state index is 10.1. The van der Waals surface area contributed by atoms with Gasteiger partial charge in [-0.15, -0.1) is 0 Å². The third-order valence-electron chi connectivity index (χ3n) is 1.31. The molecule has 0 rings (SSSR count). The van der Waals surface area contributed by atoms with Crippen molar-refractivity contribution >= 4 is 6.29 Å². The van der Waals surface area contributed by atoms with Crippen molar-refractivity contribution in [2.75, 3.05) is 13.1 Å². The van der Waals surface area contributed by atoms with Crippen LogP contribution in [0.25, 0.3) is 0 Å². The highest BCUT2D eigenvalue weighted by Gasteiger charge is 1.98. The van der Waals surface area contributed by atoms with Crippen LogP contribution in [0.3, 0.4) is 0 Å². The van der Waals surface area contributed by atoms with Crippen molar-refractivity contribution in [2.45, 2.75) is 13.8 Å². The van der Waals surface area contributed by atoms with E-state index in [1.54, 1.807) is 0 Å². The lowest BCUT2D eigenvalue weighted by molar-refractivity contribution is -0.106. The first-order valence-electron chi connectivity index (χ1n) is 3.15.